The third-order valence-electron chi connectivity index (χ3n) is 4.27. The van der Waals surface area contributed by atoms with Crippen molar-refractivity contribution in [2.24, 2.45) is 0 Å². The van der Waals surface area contributed by atoms with Crippen molar-refractivity contribution in [3.63, 3.8) is 0 Å². The molecule has 20 heavy (non-hydrogen) atoms. The average molecular weight is 335 g/mol. The van der Waals surface area contributed by atoms with Crippen molar-refractivity contribution in [3.05, 3.63) is 33.6 Å². The van der Waals surface area contributed by atoms with Crippen molar-refractivity contribution in [2.75, 3.05) is 7.11 Å². The number of rotatable bonds is 2. The summed E-state index contributed by atoms with van der Waals surface area (Å²) in [6.07, 6.45) is 3.60. The van der Waals surface area contributed by atoms with E-state index in [4.69, 9.17) is 9.72 Å². The van der Waals surface area contributed by atoms with E-state index in [2.05, 4.69) is 40.4 Å². The van der Waals surface area contributed by atoms with Crippen LogP contribution in [0.25, 0.3) is 11.4 Å². The van der Waals surface area contributed by atoms with Gasteiger partial charge in [0.2, 0.25) is 0 Å². The van der Waals surface area contributed by atoms with Gasteiger partial charge in [0.1, 0.15) is 16.2 Å². The second-order valence-corrected chi connectivity index (χ2v) is 6.10. The summed E-state index contributed by atoms with van der Waals surface area (Å²) in [5.41, 5.74) is 4.97. The lowest BCUT2D eigenvalue weighted by Gasteiger charge is -2.18. The molecule has 0 saturated heterocycles. The van der Waals surface area contributed by atoms with Crippen LogP contribution in [0.2, 0.25) is 0 Å². The zero-order valence-electron chi connectivity index (χ0n) is 12.2. The lowest BCUT2D eigenvalue weighted by molar-refractivity contribution is 0.411. The topological polar surface area (TPSA) is 27.1 Å². The first-order valence-electron chi connectivity index (χ1n) is 7.03. The van der Waals surface area contributed by atoms with Crippen molar-refractivity contribution in [1.29, 1.82) is 0 Å². The molecule has 0 radical (unpaired) electrons. The molecule has 0 spiro atoms. The SMILES string of the molecule is COc1ccc(-c2nc(Br)c3n2CCCC3)c(C)c1C. The highest BCUT2D eigenvalue weighted by Crippen LogP contribution is 2.34. The van der Waals surface area contributed by atoms with Gasteiger partial charge >= 0.3 is 0 Å². The van der Waals surface area contributed by atoms with E-state index in [1.54, 1.807) is 7.11 Å². The number of benzene rings is 1. The summed E-state index contributed by atoms with van der Waals surface area (Å²) in [5, 5.41) is 0. The first kappa shape index (κ1) is 13.7. The minimum absolute atomic E-state index is 0.940. The maximum Gasteiger partial charge on any atom is 0.141 e. The third-order valence-corrected chi connectivity index (χ3v) is 4.90. The molecule has 0 unspecified atom stereocenters. The molecule has 2 heterocycles. The molecule has 0 amide bonds. The van der Waals surface area contributed by atoms with Gasteiger partial charge in [-0.2, -0.15) is 0 Å². The number of halogens is 1. The van der Waals surface area contributed by atoms with E-state index in [0.29, 0.717) is 0 Å². The number of fused-ring (bicyclic) bond motifs is 1. The minimum Gasteiger partial charge on any atom is -0.496 e. The van der Waals surface area contributed by atoms with E-state index in [9.17, 15) is 0 Å². The van der Waals surface area contributed by atoms with Gasteiger partial charge in [-0.05, 0) is 72.3 Å². The number of nitrogens with zero attached hydrogens (tertiary/aromatic N) is 2. The first-order valence-corrected chi connectivity index (χ1v) is 7.82. The fourth-order valence-corrected chi connectivity index (χ4v) is 3.54. The lowest BCUT2D eigenvalue weighted by Crippen LogP contribution is -2.11. The van der Waals surface area contributed by atoms with Crippen LogP contribution in [-0.4, -0.2) is 16.7 Å². The lowest BCUT2D eigenvalue weighted by atomic mass is 10.0. The van der Waals surface area contributed by atoms with Crippen LogP contribution >= 0.6 is 15.9 Å². The molecule has 3 nitrogen and oxygen atoms in total. The van der Waals surface area contributed by atoms with Gasteiger partial charge in [0.15, 0.2) is 0 Å². The molecule has 0 aliphatic carbocycles. The highest BCUT2D eigenvalue weighted by Gasteiger charge is 2.21. The number of hydrogen-bond donors (Lipinski definition) is 0. The Bertz CT molecular complexity index is 661. The maximum atomic E-state index is 5.40. The standard InChI is InChI=1S/C16H19BrN2O/c1-10-11(2)14(20-3)8-7-12(10)16-18-15(17)13-6-4-5-9-19(13)16/h7-8H,4-6,9H2,1-3H3. The number of aromatic nitrogens is 2. The largest absolute Gasteiger partial charge is 0.496 e. The van der Waals surface area contributed by atoms with Gasteiger partial charge in [0.25, 0.3) is 0 Å². The Hall–Kier alpha value is -1.29. The van der Waals surface area contributed by atoms with E-state index in [-0.39, 0.29) is 0 Å². The van der Waals surface area contributed by atoms with Gasteiger partial charge in [-0.1, -0.05) is 0 Å². The molecular formula is C16H19BrN2O. The maximum absolute atomic E-state index is 5.40. The van der Waals surface area contributed by atoms with Gasteiger partial charge in [0.05, 0.1) is 12.8 Å². The van der Waals surface area contributed by atoms with Crippen molar-refractivity contribution < 1.29 is 4.74 Å². The van der Waals surface area contributed by atoms with Gasteiger partial charge < -0.3 is 9.30 Å². The summed E-state index contributed by atoms with van der Waals surface area (Å²) >= 11 is 3.61. The molecule has 106 valence electrons. The van der Waals surface area contributed by atoms with Crippen LogP contribution in [-0.2, 0) is 13.0 Å². The summed E-state index contributed by atoms with van der Waals surface area (Å²) in [5.74, 6) is 2.02. The van der Waals surface area contributed by atoms with E-state index in [1.807, 2.05) is 6.07 Å². The van der Waals surface area contributed by atoms with Gasteiger partial charge in [-0.3, -0.25) is 0 Å². The van der Waals surface area contributed by atoms with Gasteiger partial charge in [-0.25, -0.2) is 4.98 Å². The smallest absolute Gasteiger partial charge is 0.141 e. The van der Waals surface area contributed by atoms with Crippen LogP contribution in [0.3, 0.4) is 0 Å². The normalized spacial score (nSPS) is 14.2. The zero-order valence-corrected chi connectivity index (χ0v) is 13.7. The molecule has 0 fully saturated rings. The molecule has 1 aliphatic rings. The monoisotopic (exact) mass is 334 g/mol. The number of hydrogen-bond acceptors (Lipinski definition) is 2. The fourth-order valence-electron chi connectivity index (χ4n) is 2.96. The van der Waals surface area contributed by atoms with Crippen LogP contribution in [0.1, 0.15) is 29.7 Å². The predicted molar refractivity (Wildman–Crippen MR) is 84.3 cm³/mol. The third kappa shape index (κ3) is 2.06. The average Bonchev–Trinajstić information content (AvgIpc) is 2.80. The molecule has 0 saturated carbocycles. The Kier molecular flexibility index (Phi) is 3.59. The zero-order chi connectivity index (χ0) is 14.3. The summed E-state index contributed by atoms with van der Waals surface area (Å²) < 4.78 is 8.76. The van der Waals surface area contributed by atoms with Gasteiger partial charge in [-0.15, -0.1) is 0 Å². The number of ether oxygens (including phenoxy) is 1. The Morgan fingerprint density at radius 3 is 2.75 bits per heavy atom. The predicted octanol–water partition coefficient (Wildman–Crippen LogP) is 4.27. The summed E-state index contributed by atoms with van der Waals surface area (Å²) in [7, 11) is 1.72. The highest BCUT2D eigenvalue weighted by atomic mass is 79.9. The Balaban J connectivity index is 2.17. The van der Waals surface area contributed by atoms with E-state index in [0.717, 1.165) is 29.1 Å². The van der Waals surface area contributed by atoms with Gasteiger partial charge in [0, 0.05) is 12.1 Å². The number of imidazole rings is 1. The second-order valence-electron chi connectivity index (χ2n) is 5.35. The molecule has 4 heteroatoms. The van der Waals surface area contributed by atoms with Crippen molar-refractivity contribution in [1.82, 2.24) is 9.55 Å². The molecule has 2 aromatic rings. The minimum atomic E-state index is 0.940. The fraction of sp³-hybridized carbons (Fsp3) is 0.438. The molecule has 1 aromatic heterocycles. The second kappa shape index (κ2) is 5.24. The van der Waals surface area contributed by atoms with Crippen LogP contribution in [0.15, 0.2) is 16.7 Å². The van der Waals surface area contributed by atoms with Crippen molar-refractivity contribution in [2.45, 2.75) is 39.7 Å². The van der Waals surface area contributed by atoms with Crippen molar-refractivity contribution >= 4 is 15.9 Å². The number of methoxy groups -OCH3 is 1. The summed E-state index contributed by atoms with van der Waals surface area (Å²) in [4.78, 5) is 4.76. The first-order chi connectivity index (χ1) is 9.63. The summed E-state index contributed by atoms with van der Waals surface area (Å²) in [6, 6.07) is 4.16. The van der Waals surface area contributed by atoms with Crippen LogP contribution < -0.4 is 4.74 Å². The molecule has 1 aromatic carbocycles. The molecule has 1 aliphatic heterocycles. The molecule has 0 N–H and O–H groups in total. The molecule has 0 atom stereocenters. The quantitative estimate of drug-likeness (QED) is 0.819. The van der Waals surface area contributed by atoms with Crippen LogP contribution in [0.4, 0.5) is 0 Å². The molecule has 3 rings (SSSR count). The van der Waals surface area contributed by atoms with Crippen LogP contribution in [0, 0.1) is 13.8 Å². The van der Waals surface area contributed by atoms with E-state index >= 15 is 0 Å². The van der Waals surface area contributed by atoms with E-state index < -0.39 is 0 Å². The van der Waals surface area contributed by atoms with Crippen LogP contribution in [0.5, 0.6) is 5.75 Å². The summed E-state index contributed by atoms with van der Waals surface area (Å²) in [6.45, 7) is 5.31. The Morgan fingerprint density at radius 2 is 2.00 bits per heavy atom. The molecular weight excluding hydrogens is 316 g/mol. The Labute approximate surface area is 128 Å². The highest BCUT2D eigenvalue weighted by molar-refractivity contribution is 9.10. The van der Waals surface area contributed by atoms with E-state index in [1.165, 1.54) is 35.2 Å². The van der Waals surface area contributed by atoms with Crippen molar-refractivity contribution in [3.8, 4) is 17.1 Å². The Morgan fingerprint density at radius 1 is 1.20 bits per heavy atom. The molecule has 0 bridgehead atoms.